The lowest BCUT2D eigenvalue weighted by atomic mass is 10.2. The molecule has 0 saturated heterocycles. The molecule has 0 N–H and O–H groups in total. The zero-order valence-electron chi connectivity index (χ0n) is 14.0. The second-order valence-electron chi connectivity index (χ2n) is 5.87. The van der Waals surface area contributed by atoms with Crippen LogP contribution in [0.5, 0.6) is 0 Å². The number of quaternary nitrogens is 1. The van der Waals surface area contributed by atoms with E-state index in [2.05, 4.69) is 27.7 Å². The van der Waals surface area contributed by atoms with Crippen molar-refractivity contribution in [1.82, 2.24) is 0 Å². The highest BCUT2D eigenvalue weighted by atomic mass is 32.2. The monoisotopic (exact) mass is 308 g/mol. The minimum absolute atomic E-state index is 0.199. The van der Waals surface area contributed by atoms with Gasteiger partial charge >= 0.3 is 0 Å². The summed E-state index contributed by atoms with van der Waals surface area (Å²) < 4.78 is 1.14. The summed E-state index contributed by atoms with van der Waals surface area (Å²) in [5.74, 6) is 0. The van der Waals surface area contributed by atoms with Crippen LogP contribution in [-0.4, -0.2) is 41.0 Å². The fourth-order valence-electron chi connectivity index (χ4n) is 3.10. The Bertz CT molecular complexity index is 412. The highest BCUT2D eigenvalue weighted by Gasteiger charge is 2.27. The van der Waals surface area contributed by atoms with E-state index in [4.69, 9.17) is 0 Å². The Morgan fingerprint density at radius 1 is 1.10 bits per heavy atom. The van der Waals surface area contributed by atoms with Crippen LogP contribution in [0.3, 0.4) is 0 Å². The average molecular weight is 309 g/mol. The molecule has 0 saturated carbocycles. The molecule has 0 fully saturated rings. The SMILES string of the molecule is CCC[N+](CC)(CCC)CC(C)SC(=O)c1ccccc1. The molecule has 1 aromatic carbocycles. The van der Waals surface area contributed by atoms with Gasteiger partial charge in [0.2, 0.25) is 5.12 Å². The lowest BCUT2D eigenvalue weighted by Crippen LogP contribution is -2.52. The minimum Gasteiger partial charge on any atom is -0.323 e. The first-order chi connectivity index (χ1) is 10.1. The van der Waals surface area contributed by atoms with E-state index in [9.17, 15) is 4.79 Å². The van der Waals surface area contributed by atoms with Gasteiger partial charge in [0.1, 0.15) is 0 Å². The van der Waals surface area contributed by atoms with Gasteiger partial charge in [0, 0.05) is 5.56 Å². The van der Waals surface area contributed by atoms with Crippen molar-refractivity contribution in [2.45, 2.75) is 45.8 Å². The highest BCUT2D eigenvalue weighted by molar-refractivity contribution is 8.14. The van der Waals surface area contributed by atoms with Gasteiger partial charge in [-0.15, -0.1) is 0 Å². The third kappa shape index (κ3) is 5.84. The molecule has 1 atom stereocenters. The van der Waals surface area contributed by atoms with Crippen molar-refractivity contribution in [3.63, 3.8) is 0 Å². The molecule has 0 aliphatic carbocycles. The Labute approximate surface area is 134 Å². The van der Waals surface area contributed by atoms with Crippen LogP contribution < -0.4 is 0 Å². The third-order valence-corrected chi connectivity index (χ3v) is 5.03. The van der Waals surface area contributed by atoms with Crippen LogP contribution in [0.15, 0.2) is 30.3 Å². The summed E-state index contributed by atoms with van der Waals surface area (Å²) in [6.07, 6.45) is 2.41. The summed E-state index contributed by atoms with van der Waals surface area (Å²) in [7, 11) is 0. The molecule has 0 aliphatic heterocycles. The van der Waals surface area contributed by atoms with Crippen LogP contribution in [0.4, 0.5) is 0 Å². The maximum atomic E-state index is 12.3. The molecule has 1 aromatic rings. The second kappa shape index (κ2) is 9.26. The highest BCUT2D eigenvalue weighted by Crippen LogP contribution is 2.22. The maximum absolute atomic E-state index is 12.3. The van der Waals surface area contributed by atoms with E-state index in [1.54, 1.807) is 0 Å². The summed E-state index contributed by atoms with van der Waals surface area (Å²) in [5, 5.41) is 0.557. The van der Waals surface area contributed by atoms with Crippen LogP contribution in [0.25, 0.3) is 0 Å². The molecule has 0 bridgehead atoms. The molecule has 0 amide bonds. The van der Waals surface area contributed by atoms with E-state index >= 15 is 0 Å². The Morgan fingerprint density at radius 2 is 1.67 bits per heavy atom. The number of hydrogen-bond acceptors (Lipinski definition) is 2. The van der Waals surface area contributed by atoms with Crippen molar-refractivity contribution in [1.29, 1.82) is 0 Å². The summed E-state index contributed by atoms with van der Waals surface area (Å²) in [4.78, 5) is 12.3. The molecule has 118 valence electrons. The lowest BCUT2D eigenvalue weighted by Gasteiger charge is -2.39. The number of benzene rings is 1. The van der Waals surface area contributed by atoms with Gasteiger partial charge in [0.15, 0.2) is 0 Å². The molecule has 0 radical (unpaired) electrons. The normalized spacial score (nSPS) is 13.1. The number of carbonyl (C=O) groups excluding carboxylic acids is 1. The summed E-state index contributed by atoms with van der Waals surface area (Å²) in [5.41, 5.74) is 0.815. The molecule has 1 rings (SSSR count). The molecule has 3 heteroatoms. The van der Waals surface area contributed by atoms with Crippen molar-refractivity contribution in [3.8, 4) is 0 Å². The van der Waals surface area contributed by atoms with Crippen LogP contribution in [0.2, 0.25) is 0 Å². The molecule has 0 heterocycles. The maximum Gasteiger partial charge on any atom is 0.219 e. The number of rotatable bonds is 9. The molecule has 0 aliphatic rings. The van der Waals surface area contributed by atoms with Crippen molar-refractivity contribution in [3.05, 3.63) is 35.9 Å². The summed E-state index contributed by atoms with van der Waals surface area (Å²) in [6, 6.07) is 9.62. The van der Waals surface area contributed by atoms with Gasteiger partial charge in [0.05, 0.1) is 31.4 Å². The topological polar surface area (TPSA) is 17.1 Å². The molecular formula is C18H30NOS+. The van der Waals surface area contributed by atoms with E-state index in [1.807, 2.05) is 30.3 Å². The van der Waals surface area contributed by atoms with E-state index < -0.39 is 0 Å². The number of carbonyl (C=O) groups is 1. The second-order valence-corrected chi connectivity index (χ2v) is 7.28. The number of hydrogen-bond donors (Lipinski definition) is 0. The molecular weight excluding hydrogens is 278 g/mol. The van der Waals surface area contributed by atoms with E-state index in [0.29, 0.717) is 5.25 Å². The first kappa shape index (κ1) is 18.2. The van der Waals surface area contributed by atoms with Crippen LogP contribution >= 0.6 is 11.8 Å². The van der Waals surface area contributed by atoms with Gasteiger partial charge in [-0.05, 0) is 26.7 Å². The Morgan fingerprint density at radius 3 is 2.14 bits per heavy atom. The predicted octanol–water partition coefficient (Wildman–Crippen LogP) is 4.61. The van der Waals surface area contributed by atoms with Crippen LogP contribution in [-0.2, 0) is 0 Å². The van der Waals surface area contributed by atoms with E-state index in [1.165, 1.54) is 37.7 Å². The zero-order chi connectivity index (χ0) is 15.7. The van der Waals surface area contributed by atoms with Crippen molar-refractivity contribution in [2.75, 3.05) is 26.2 Å². The summed E-state index contributed by atoms with van der Waals surface area (Å²) in [6.45, 7) is 13.7. The molecule has 2 nitrogen and oxygen atoms in total. The van der Waals surface area contributed by atoms with Gasteiger partial charge in [-0.1, -0.05) is 55.9 Å². The Hall–Kier alpha value is -0.800. The Balaban J connectivity index is 2.65. The molecule has 0 aromatic heterocycles. The largest absolute Gasteiger partial charge is 0.323 e. The molecule has 1 unspecified atom stereocenters. The zero-order valence-corrected chi connectivity index (χ0v) is 14.8. The molecule has 21 heavy (non-hydrogen) atoms. The number of nitrogens with zero attached hydrogens (tertiary/aromatic N) is 1. The van der Waals surface area contributed by atoms with E-state index in [0.717, 1.165) is 23.1 Å². The summed E-state index contributed by atoms with van der Waals surface area (Å²) >= 11 is 1.49. The van der Waals surface area contributed by atoms with Crippen molar-refractivity contribution in [2.24, 2.45) is 0 Å². The van der Waals surface area contributed by atoms with Gasteiger partial charge in [-0.25, -0.2) is 0 Å². The quantitative estimate of drug-likeness (QED) is 0.620. The fraction of sp³-hybridized carbons (Fsp3) is 0.611. The van der Waals surface area contributed by atoms with Gasteiger partial charge in [0.25, 0.3) is 0 Å². The van der Waals surface area contributed by atoms with E-state index in [-0.39, 0.29) is 5.12 Å². The van der Waals surface area contributed by atoms with Gasteiger partial charge < -0.3 is 4.48 Å². The van der Waals surface area contributed by atoms with Crippen LogP contribution in [0, 0.1) is 0 Å². The third-order valence-electron chi connectivity index (χ3n) is 4.03. The van der Waals surface area contributed by atoms with Gasteiger partial charge in [-0.3, -0.25) is 4.79 Å². The lowest BCUT2D eigenvalue weighted by molar-refractivity contribution is -0.926. The van der Waals surface area contributed by atoms with Crippen molar-refractivity contribution >= 4 is 16.9 Å². The van der Waals surface area contributed by atoms with Gasteiger partial charge in [-0.2, -0.15) is 0 Å². The fourth-order valence-corrected chi connectivity index (χ4v) is 4.12. The standard InChI is InChI=1S/C18H30NOS/c1-5-13-19(7-3,14-6-2)15-16(4)21-18(20)17-11-9-8-10-12-17/h8-12,16H,5-7,13-15H2,1-4H3/q+1. The minimum atomic E-state index is 0.199. The first-order valence-electron chi connectivity index (χ1n) is 8.18. The van der Waals surface area contributed by atoms with Crippen molar-refractivity contribution < 1.29 is 9.28 Å². The first-order valence-corrected chi connectivity index (χ1v) is 9.06. The molecule has 0 spiro atoms. The average Bonchev–Trinajstić information content (AvgIpc) is 2.48. The Kier molecular flexibility index (Phi) is 8.05. The smallest absolute Gasteiger partial charge is 0.219 e. The van der Waals surface area contributed by atoms with Crippen LogP contribution in [0.1, 0.15) is 50.9 Å². The number of thioether (sulfide) groups is 1. The predicted molar refractivity (Wildman–Crippen MR) is 93.8 cm³/mol.